The maximum absolute atomic E-state index is 9.47. The molecule has 1 aromatic heterocycles. The van der Waals surface area contributed by atoms with Gasteiger partial charge in [-0.05, 0) is 24.6 Å². The van der Waals surface area contributed by atoms with Gasteiger partial charge in [-0.2, -0.15) is 0 Å². The first kappa shape index (κ1) is 13.6. The van der Waals surface area contributed by atoms with Crippen LogP contribution in [0.4, 0.5) is 5.95 Å². The molecular formula is C17H19N3O. The molecule has 0 saturated heterocycles. The molecule has 2 aromatic carbocycles. The summed E-state index contributed by atoms with van der Waals surface area (Å²) in [6.07, 6.45) is -0.407. The molecule has 0 fully saturated rings. The molecular weight excluding hydrogens is 262 g/mol. The van der Waals surface area contributed by atoms with Gasteiger partial charge in [-0.15, -0.1) is 0 Å². The number of hydrogen-bond donors (Lipinski definition) is 2. The number of aliphatic hydroxyl groups is 1. The lowest BCUT2D eigenvalue weighted by Crippen LogP contribution is -2.18. The van der Waals surface area contributed by atoms with E-state index in [1.807, 2.05) is 36.4 Å². The van der Waals surface area contributed by atoms with E-state index in [9.17, 15) is 5.11 Å². The number of rotatable bonds is 5. The quantitative estimate of drug-likeness (QED) is 0.756. The van der Waals surface area contributed by atoms with E-state index in [-0.39, 0.29) is 0 Å². The molecule has 4 heteroatoms. The average Bonchev–Trinajstić information content (AvgIpc) is 2.84. The summed E-state index contributed by atoms with van der Waals surface area (Å²) >= 11 is 0. The highest BCUT2D eigenvalue weighted by Crippen LogP contribution is 2.21. The van der Waals surface area contributed by atoms with Crippen LogP contribution in [0.3, 0.4) is 0 Å². The van der Waals surface area contributed by atoms with Gasteiger partial charge in [0.2, 0.25) is 5.95 Å². The number of para-hydroxylation sites is 2. The molecule has 1 atom stereocenters. The zero-order valence-electron chi connectivity index (χ0n) is 12.0. The van der Waals surface area contributed by atoms with Crippen molar-refractivity contribution in [2.75, 3.05) is 11.9 Å². The molecule has 0 aliphatic heterocycles. The summed E-state index contributed by atoms with van der Waals surface area (Å²) in [5.74, 6) is 0.793. The van der Waals surface area contributed by atoms with Gasteiger partial charge in [0.15, 0.2) is 0 Å². The van der Waals surface area contributed by atoms with Gasteiger partial charge < -0.3 is 15.0 Å². The minimum Gasteiger partial charge on any atom is -0.392 e. The average molecular weight is 281 g/mol. The fourth-order valence-electron chi connectivity index (χ4n) is 2.38. The number of imidazole rings is 1. The van der Waals surface area contributed by atoms with Crippen LogP contribution < -0.4 is 5.32 Å². The molecule has 0 spiro atoms. The second kappa shape index (κ2) is 5.97. The van der Waals surface area contributed by atoms with Crippen molar-refractivity contribution < 1.29 is 5.11 Å². The second-order valence-corrected chi connectivity index (χ2v) is 5.23. The third-order valence-electron chi connectivity index (χ3n) is 3.39. The van der Waals surface area contributed by atoms with Gasteiger partial charge in [0, 0.05) is 6.54 Å². The van der Waals surface area contributed by atoms with E-state index in [4.69, 9.17) is 0 Å². The Kier molecular flexibility index (Phi) is 3.88. The molecule has 3 aromatic rings. The molecule has 0 unspecified atom stereocenters. The maximum atomic E-state index is 9.47. The highest BCUT2D eigenvalue weighted by atomic mass is 16.3. The Balaban J connectivity index is 1.99. The highest BCUT2D eigenvalue weighted by molar-refractivity contribution is 5.78. The molecule has 108 valence electrons. The minimum atomic E-state index is -0.407. The number of aliphatic hydroxyl groups excluding tert-OH is 1. The van der Waals surface area contributed by atoms with Crippen molar-refractivity contribution in [1.82, 2.24) is 9.55 Å². The predicted octanol–water partition coefficient (Wildman–Crippen LogP) is 2.88. The lowest BCUT2D eigenvalue weighted by molar-refractivity contribution is 0.208. The van der Waals surface area contributed by atoms with Crippen LogP contribution in [-0.4, -0.2) is 27.3 Å². The summed E-state index contributed by atoms with van der Waals surface area (Å²) in [5.41, 5.74) is 3.27. The number of nitrogens with one attached hydrogen (secondary N) is 1. The number of fused-ring (bicyclic) bond motifs is 1. The van der Waals surface area contributed by atoms with Gasteiger partial charge in [0.1, 0.15) is 0 Å². The van der Waals surface area contributed by atoms with Crippen molar-refractivity contribution in [2.45, 2.75) is 19.6 Å². The Morgan fingerprint density at radius 2 is 1.81 bits per heavy atom. The smallest absolute Gasteiger partial charge is 0.204 e. The Hall–Kier alpha value is -2.33. The van der Waals surface area contributed by atoms with Crippen LogP contribution in [0.15, 0.2) is 54.6 Å². The lowest BCUT2D eigenvalue weighted by atomic mass is 10.2. The molecule has 0 aliphatic rings. The van der Waals surface area contributed by atoms with Crippen molar-refractivity contribution >= 4 is 17.0 Å². The summed E-state index contributed by atoms with van der Waals surface area (Å²) in [6, 6.07) is 18.4. The Morgan fingerprint density at radius 3 is 2.57 bits per heavy atom. The number of anilines is 1. The van der Waals surface area contributed by atoms with Crippen molar-refractivity contribution in [1.29, 1.82) is 0 Å². The van der Waals surface area contributed by atoms with Crippen LogP contribution >= 0.6 is 0 Å². The topological polar surface area (TPSA) is 50.1 Å². The van der Waals surface area contributed by atoms with Crippen LogP contribution in [-0.2, 0) is 6.54 Å². The fraction of sp³-hybridized carbons (Fsp3) is 0.235. The summed E-state index contributed by atoms with van der Waals surface area (Å²) in [5, 5.41) is 12.7. The van der Waals surface area contributed by atoms with Gasteiger partial charge in [0.25, 0.3) is 0 Å². The second-order valence-electron chi connectivity index (χ2n) is 5.23. The first-order valence-electron chi connectivity index (χ1n) is 7.15. The predicted molar refractivity (Wildman–Crippen MR) is 85.4 cm³/mol. The normalized spacial score (nSPS) is 12.5. The van der Waals surface area contributed by atoms with Crippen molar-refractivity contribution in [3.63, 3.8) is 0 Å². The maximum Gasteiger partial charge on any atom is 0.204 e. The molecule has 0 radical (unpaired) electrons. The zero-order chi connectivity index (χ0) is 14.7. The molecule has 4 nitrogen and oxygen atoms in total. The lowest BCUT2D eigenvalue weighted by Gasteiger charge is -2.12. The molecule has 21 heavy (non-hydrogen) atoms. The largest absolute Gasteiger partial charge is 0.392 e. The van der Waals surface area contributed by atoms with E-state index >= 15 is 0 Å². The van der Waals surface area contributed by atoms with Crippen molar-refractivity contribution in [3.05, 3.63) is 60.2 Å². The molecule has 3 rings (SSSR count). The Morgan fingerprint density at radius 1 is 1.10 bits per heavy atom. The fourth-order valence-corrected chi connectivity index (χ4v) is 2.38. The van der Waals surface area contributed by atoms with Crippen molar-refractivity contribution in [2.24, 2.45) is 0 Å². The van der Waals surface area contributed by atoms with Crippen LogP contribution in [0.2, 0.25) is 0 Å². The van der Waals surface area contributed by atoms with E-state index in [0.717, 1.165) is 23.5 Å². The van der Waals surface area contributed by atoms with E-state index in [0.29, 0.717) is 6.54 Å². The summed E-state index contributed by atoms with van der Waals surface area (Å²) in [6.45, 7) is 3.00. The molecule has 1 heterocycles. The van der Waals surface area contributed by atoms with Gasteiger partial charge in [-0.25, -0.2) is 4.98 Å². The molecule has 0 bridgehead atoms. The summed E-state index contributed by atoms with van der Waals surface area (Å²) in [4.78, 5) is 4.62. The molecule has 0 aliphatic carbocycles. The number of aromatic nitrogens is 2. The third-order valence-corrected chi connectivity index (χ3v) is 3.39. The number of hydrogen-bond acceptors (Lipinski definition) is 3. The van der Waals surface area contributed by atoms with E-state index in [2.05, 4.69) is 33.1 Å². The first-order valence-corrected chi connectivity index (χ1v) is 7.15. The van der Waals surface area contributed by atoms with E-state index in [1.54, 1.807) is 6.92 Å². The first-order chi connectivity index (χ1) is 10.2. The van der Waals surface area contributed by atoms with Crippen LogP contribution in [0.5, 0.6) is 0 Å². The molecule has 2 N–H and O–H groups in total. The molecule has 0 amide bonds. The van der Waals surface area contributed by atoms with Gasteiger partial charge in [-0.1, -0.05) is 42.5 Å². The minimum absolute atomic E-state index is 0.407. The summed E-state index contributed by atoms with van der Waals surface area (Å²) < 4.78 is 2.15. The van der Waals surface area contributed by atoms with Gasteiger partial charge in [0.05, 0.1) is 23.7 Å². The number of nitrogens with zero attached hydrogens (tertiary/aromatic N) is 2. The monoisotopic (exact) mass is 281 g/mol. The van der Waals surface area contributed by atoms with E-state index < -0.39 is 6.10 Å². The van der Waals surface area contributed by atoms with Crippen LogP contribution in [0, 0.1) is 0 Å². The SMILES string of the molecule is C[C@@H](O)CNc1nc2ccccc2n1Cc1ccccc1. The van der Waals surface area contributed by atoms with Crippen LogP contribution in [0.25, 0.3) is 11.0 Å². The zero-order valence-corrected chi connectivity index (χ0v) is 12.0. The summed E-state index contributed by atoms with van der Waals surface area (Å²) in [7, 11) is 0. The van der Waals surface area contributed by atoms with Crippen LogP contribution in [0.1, 0.15) is 12.5 Å². The van der Waals surface area contributed by atoms with E-state index in [1.165, 1.54) is 5.56 Å². The Labute approximate surface area is 124 Å². The molecule has 0 saturated carbocycles. The third kappa shape index (κ3) is 3.06. The highest BCUT2D eigenvalue weighted by Gasteiger charge is 2.11. The van der Waals surface area contributed by atoms with Gasteiger partial charge >= 0.3 is 0 Å². The standard InChI is InChI=1S/C17H19N3O/c1-13(21)11-18-17-19-15-9-5-6-10-16(15)20(17)12-14-7-3-2-4-8-14/h2-10,13,21H,11-12H2,1H3,(H,18,19)/t13-/m1/s1. The van der Waals surface area contributed by atoms with Gasteiger partial charge in [-0.3, -0.25) is 0 Å². The Bertz CT molecular complexity index is 719. The number of benzene rings is 2. The van der Waals surface area contributed by atoms with Crippen molar-refractivity contribution in [3.8, 4) is 0 Å².